The number of carbonyl (C=O) groups excluding carboxylic acids is 2. The van der Waals surface area contributed by atoms with Crippen molar-refractivity contribution in [3.63, 3.8) is 0 Å². The second-order valence-corrected chi connectivity index (χ2v) is 9.83. The van der Waals surface area contributed by atoms with Crippen LogP contribution in [0.3, 0.4) is 0 Å². The molecule has 0 unspecified atom stereocenters. The summed E-state index contributed by atoms with van der Waals surface area (Å²) in [5.41, 5.74) is 2.61. The molecule has 1 aromatic carbocycles. The van der Waals surface area contributed by atoms with E-state index in [-0.39, 0.29) is 11.3 Å². The van der Waals surface area contributed by atoms with Crippen molar-refractivity contribution in [2.45, 2.75) is 36.1 Å². The van der Waals surface area contributed by atoms with Crippen LogP contribution in [0, 0.1) is 0 Å². The molecule has 0 atom stereocenters. The summed E-state index contributed by atoms with van der Waals surface area (Å²) in [4.78, 5) is 32.0. The summed E-state index contributed by atoms with van der Waals surface area (Å²) in [5, 5.41) is 11.8. The smallest absolute Gasteiger partial charge is 0.267 e. The molecule has 2 heterocycles. The van der Waals surface area contributed by atoms with Gasteiger partial charge in [-0.3, -0.25) is 20.1 Å². The zero-order chi connectivity index (χ0) is 22.4. The van der Waals surface area contributed by atoms with E-state index in [0.717, 1.165) is 9.97 Å². The first-order valence-electron chi connectivity index (χ1n) is 9.32. The van der Waals surface area contributed by atoms with Crippen LogP contribution in [-0.2, 0) is 16.0 Å². The average molecular weight is 459 g/mol. The van der Waals surface area contributed by atoms with Gasteiger partial charge in [-0.05, 0) is 23.8 Å². The predicted molar refractivity (Wildman–Crippen MR) is 120 cm³/mol. The minimum atomic E-state index is -0.628. The van der Waals surface area contributed by atoms with E-state index < -0.39 is 5.91 Å². The van der Waals surface area contributed by atoms with Gasteiger partial charge in [-0.2, -0.15) is 0 Å². The summed E-state index contributed by atoms with van der Waals surface area (Å²) < 4.78 is 6.73. The van der Waals surface area contributed by atoms with Crippen molar-refractivity contribution in [3.05, 3.63) is 65.5 Å². The van der Waals surface area contributed by atoms with Crippen LogP contribution in [0.25, 0.3) is 6.08 Å². The lowest BCUT2D eigenvalue weighted by atomic mass is 9.94. The predicted octanol–water partition coefficient (Wildman–Crippen LogP) is 4.49. The van der Waals surface area contributed by atoms with Crippen molar-refractivity contribution in [1.29, 1.82) is 0 Å². The molecule has 8 nitrogen and oxygen atoms in total. The number of nitrogens with zero attached hydrogens (tertiary/aromatic N) is 2. The van der Waals surface area contributed by atoms with Crippen molar-refractivity contribution in [2.24, 2.45) is 0 Å². The Balaban J connectivity index is 1.54. The number of thioether (sulfide) groups is 1. The van der Waals surface area contributed by atoms with Crippen molar-refractivity contribution in [2.75, 3.05) is 5.32 Å². The molecule has 0 aliphatic carbocycles. The Morgan fingerprint density at radius 2 is 1.94 bits per heavy atom. The number of aromatic nitrogens is 2. The number of carbonyl (C=O) groups is 2. The topological polar surface area (TPSA) is 117 Å². The monoisotopic (exact) mass is 458 g/mol. The zero-order valence-electron chi connectivity index (χ0n) is 17.2. The molecule has 2 amide bonds. The van der Waals surface area contributed by atoms with E-state index in [0.29, 0.717) is 27.9 Å². The van der Waals surface area contributed by atoms with E-state index in [1.165, 1.54) is 29.0 Å². The Morgan fingerprint density at radius 1 is 1.19 bits per heavy atom. The molecule has 3 aromatic rings. The van der Waals surface area contributed by atoms with Gasteiger partial charge in [0.25, 0.3) is 11.8 Å². The Bertz CT molecular complexity index is 1080. The second kappa shape index (κ2) is 9.90. The number of nitrogens with one attached hydrogen (secondary N) is 2. The van der Waals surface area contributed by atoms with Gasteiger partial charge in [-0.1, -0.05) is 44.2 Å². The summed E-state index contributed by atoms with van der Waals surface area (Å²) in [6.07, 6.45) is 6.18. The molecule has 3 rings (SSSR count). The second-order valence-electron chi connectivity index (χ2n) is 7.53. The normalized spacial score (nSPS) is 11.6. The molecule has 0 radical (unpaired) electrons. The molecule has 3 N–H and O–H groups in total. The van der Waals surface area contributed by atoms with Crippen LogP contribution in [0.4, 0.5) is 5.13 Å². The van der Waals surface area contributed by atoms with Crippen LogP contribution in [-0.4, -0.2) is 27.0 Å². The number of hydrogen-bond acceptors (Lipinski definition) is 8. The first kappa shape index (κ1) is 22.7. The van der Waals surface area contributed by atoms with E-state index in [1.807, 2.05) is 0 Å². The Kier molecular flexibility index (Phi) is 7.26. The molecule has 0 saturated heterocycles. The van der Waals surface area contributed by atoms with Gasteiger partial charge in [-0.25, -0.2) is 15.4 Å². The highest BCUT2D eigenvalue weighted by atomic mass is 32.2. The van der Waals surface area contributed by atoms with E-state index in [4.69, 9.17) is 9.62 Å². The summed E-state index contributed by atoms with van der Waals surface area (Å²) in [5.74, 6) is 1.17. The summed E-state index contributed by atoms with van der Waals surface area (Å²) in [6, 6.07) is 6.68. The standard InChI is InChI=1S/C21H22N4O4S2/c1-21(2,3)15-10-22-17(29-15)12-30-18-11-23-20(31-18)24-19(27)14-7-4-13(5-8-14)6-9-16(26)25-28/h4-11,28H,12H2,1-3H3,(H,25,26)(H,23,24,27)/b9-6+. The fourth-order valence-corrected chi connectivity index (χ4v) is 4.09. The van der Waals surface area contributed by atoms with Crippen LogP contribution in [0.5, 0.6) is 0 Å². The highest BCUT2D eigenvalue weighted by Crippen LogP contribution is 2.32. The van der Waals surface area contributed by atoms with Gasteiger partial charge < -0.3 is 4.42 Å². The first-order chi connectivity index (χ1) is 14.7. The molecule has 0 spiro atoms. The molecule has 0 aliphatic heterocycles. The third kappa shape index (κ3) is 6.51. The molecular formula is C21H22N4O4S2. The minimum Gasteiger partial charge on any atom is -0.444 e. The van der Waals surface area contributed by atoms with E-state index >= 15 is 0 Å². The van der Waals surface area contributed by atoms with Crippen LogP contribution < -0.4 is 10.8 Å². The van der Waals surface area contributed by atoms with Crippen LogP contribution >= 0.6 is 23.1 Å². The lowest BCUT2D eigenvalue weighted by Gasteiger charge is -2.12. The Morgan fingerprint density at radius 3 is 2.58 bits per heavy atom. The molecular weight excluding hydrogens is 436 g/mol. The lowest BCUT2D eigenvalue weighted by molar-refractivity contribution is -0.124. The van der Waals surface area contributed by atoms with Gasteiger partial charge in [0.2, 0.25) is 5.89 Å². The number of anilines is 1. The number of thiazole rings is 1. The zero-order valence-corrected chi connectivity index (χ0v) is 18.8. The number of benzene rings is 1. The van der Waals surface area contributed by atoms with Crippen LogP contribution in [0.1, 0.15) is 48.3 Å². The molecule has 31 heavy (non-hydrogen) atoms. The van der Waals surface area contributed by atoms with Gasteiger partial charge in [0.15, 0.2) is 5.13 Å². The fraction of sp³-hybridized carbons (Fsp3) is 0.238. The Labute approximate surface area is 187 Å². The maximum atomic E-state index is 12.4. The van der Waals surface area contributed by atoms with Gasteiger partial charge in [-0.15, -0.1) is 11.8 Å². The van der Waals surface area contributed by atoms with Crippen molar-refractivity contribution in [1.82, 2.24) is 15.4 Å². The van der Waals surface area contributed by atoms with Gasteiger partial charge in [0, 0.05) is 17.1 Å². The number of hydrogen-bond donors (Lipinski definition) is 3. The van der Waals surface area contributed by atoms with Gasteiger partial charge in [0.1, 0.15) is 5.76 Å². The SMILES string of the molecule is CC(C)(C)c1cnc(CSc2cnc(NC(=O)c3ccc(/C=C/C(=O)NO)cc3)s2)o1. The number of amides is 2. The molecule has 10 heteroatoms. The first-order valence-corrected chi connectivity index (χ1v) is 11.1. The average Bonchev–Trinajstić information content (AvgIpc) is 3.40. The van der Waals surface area contributed by atoms with E-state index in [2.05, 4.69) is 36.1 Å². The van der Waals surface area contributed by atoms with Crippen LogP contribution in [0.15, 0.2) is 51.4 Å². The molecule has 2 aromatic heterocycles. The summed E-state index contributed by atoms with van der Waals surface area (Å²) >= 11 is 2.92. The largest absolute Gasteiger partial charge is 0.444 e. The van der Waals surface area contributed by atoms with Crippen LogP contribution in [0.2, 0.25) is 0 Å². The molecule has 0 fully saturated rings. The maximum Gasteiger partial charge on any atom is 0.267 e. The molecule has 0 bridgehead atoms. The van der Waals surface area contributed by atoms with Crippen molar-refractivity contribution >= 4 is 46.1 Å². The third-order valence-corrected chi connectivity index (χ3v) is 6.14. The highest BCUT2D eigenvalue weighted by Gasteiger charge is 2.19. The number of oxazole rings is 1. The van der Waals surface area contributed by atoms with E-state index in [9.17, 15) is 9.59 Å². The minimum absolute atomic E-state index is 0.0829. The molecule has 0 saturated carbocycles. The maximum absolute atomic E-state index is 12.4. The lowest BCUT2D eigenvalue weighted by Crippen LogP contribution is -2.14. The Hall–Kier alpha value is -2.95. The highest BCUT2D eigenvalue weighted by molar-refractivity contribution is 8.00. The molecule has 0 aliphatic rings. The summed E-state index contributed by atoms with van der Waals surface area (Å²) in [6.45, 7) is 6.22. The number of hydroxylamine groups is 1. The number of rotatable bonds is 7. The van der Waals surface area contributed by atoms with Crippen molar-refractivity contribution < 1.29 is 19.2 Å². The quantitative estimate of drug-likeness (QED) is 0.207. The molecule has 162 valence electrons. The van der Waals surface area contributed by atoms with Crippen molar-refractivity contribution in [3.8, 4) is 0 Å². The third-order valence-electron chi connectivity index (χ3n) is 4.05. The van der Waals surface area contributed by atoms with Gasteiger partial charge >= 0.3 is 0 Å². The van der Waals surface area contributed by atoms with Gasteiger partial charge in [0.05, 0.1) is 22.4 Å². The summed E-state index contributed by atoms with van der Waals surface area (Å²) in [7, 11) is 0. The fourth-order valence-electron chi connectivity index (χ4n) is 2.36. The van der Waals surface area contributed by atoms with E-state index in [1.54, 1.807) is 48.4 Å².